The average molecular weight is 317 g/mol. The number of nitrogen functional groups attached to an aromatic ring is 1. The number of hydrogen-bond donors (Lipinski definition) is 2. The van der Waals surface area contributed by atoms with Crippen molar-refractivity contribution in [1.82, 2.24) is 9.62 Å². The highest BCUT2D eigenvalue weighted by Crippen LogP contribution is 2.23. The fourth-order valence-electron chi connectivity index (χ4n) is 2.11. The number of amides is 1. The molecule has 9 heteroatoms. The van der Waals surface area contributed by atoms with Gasteiger partial charge in [0.1, 0.15) is 5.82 Å². The molecule has 1 atom stereocenters. The molecule has 1 amide bonds. The number of nitrogens with zero attached hydrogens (tertiary/aromatic N) is 1. The van der Waals surface area contributed by atoms with E-state index >= 15 is 0 Å². The number of alkyl carbamates (subject to hydrolysis) is 1. The van der Waals surface area contributed by atoms with Gasteiger partial charge in [0, 0.05) is 19.1 Å². The van der Waals surface area contributed by atoms with Crippen molar-refractivity contribution in [1.29, 1.82) is 0 Å². The Kier molecular flexibility index (Phi) is 4.33. The molecule has 1 aromatic rings. The zero-order chi connectivity index (χ0) is 15.6. The standard InChI is InChI=1S/C12H16FN3O4S/c1-20-12(17)15-8-4-5-16(7-8)21(18,19)9-2-3-11(14)10(13)6-9/h2-3,6,8H,4-5,7,14H2,1H3,(H,15,17). The van der Waals surface area contributed by atoms with Gasteiger partial charge in [-0.3, -0.25) is 0 Å². The van der Waals surface area contributed by atoms with E-state index in [0.717, 1.165) is 6.07 Å². The molecule has 1 heterocycles. The molecule has 0 aromatic heterocycles. The Morgan fingerprint density at radius 1 is 1.52 bits per heavy atom. The van der Waals surface area contributed by atoms with Gasteiger partial charge in [0.2, 0.25) is 10.0 Å². The van der Waals surface area contributed by atoms with Crippen LogP contribution < -0.4 is 11.1 Å². The topological polar surface area (TPSA) is 102 Å². The number of rotatable bonds is 3. The van der Waals surface area contributed by atoms with E-state index in [1.807, 2.05) is 0 Å². The first-order valence-corrected chi connectivity index (χ1v) is 7.68. The van der Waals surface area contributed by atoms with Gasteiger partial charge in [-0.25, -0.2) is 17.6 Å². The lowest BCUT2D eigenvalue weighted by atomic mass is 10.3. The van der Waals surface area contributed by atoms with Crippen LogP contribution in [0, 0.1) is 5.82 Å². The smallest absolute Gasteiger partial charge is 0.407 e. The van der Waals surface area contributed by atoms with E-state index in [1.165, 1.54) is 23.5 Å². The Morgan fingerprint density at radius 2 is 2.24 bits per heavy atom. The molecular formula is C12H16FN3O4S. The minimum absolute atomic E-state index is 0.111. The maximum absolute atomic E-state index is 13.4. The van der Waals surface area contributed by atoms with E-state index in [9.17, 15) is 17.6 Å². The number of anilines is 1. The molecule has 1 unspecified atom stereocenters. The number of methoxy groups -OCH3 is 1. The van der Waals surface area contributed by atoms with Crippen LogP contribution in [-0.2, 0) is 14.8 Å². The third kappa shape index (κ3) is 3.24. The van der Waals surface area contributed by atoms with Crippen LogP contribution in [0.5, 0.6) is 0 Å². The summed E-state index contributed by atoms with van der Waals surface area (Å²) in [6.45, 7) is 0.354. The van der Waals surface area contributed by atoms with Crippen molar-refractivity contribution < 1.29 is 22.3 Å². The molecule has 1 aromatic carbocycles. The first-order valence-electron chi connectivity index (χ1n) is 6.24. The minimum Gasteiger partial charge on any atom is -0.453 e. The molecule has 7 nitrogen and oxygen atoms in total. The normalized spacial score (nSPS) is 19.4. The Morgan fingerprint density at radius 3 is 2.86 bits per heavy atom. The third-order valence-electron chi connectivity index (χ3n) is 3.27. The third-order valence-corrected chi connectivity index (χ3v) is 5.13. The van der Waals surface area contributed by atoms with E-state index < -0.39 is 21.9 Å². The number of carbonyl (C=O) groups excluding carboxylic acids is 1. The molecule has 0 spiro atoms. The monoisotopic (exact) mass is 317 g/mol. The van der Waals surface area contributed by atoms with Gasteiger partial charge >= 0.3 is 6.09 Å². The number of halogens is 1. The molecule has 1 saturated heterocycles. The van der Waals surface area contributed by atoms with Crippen LogP contribution in [0.3, 0.4) is 0 Å². The highest BCUT2D eigenvalue weighted by atomic mass is 32.2. The van der Waals surface area contributed by atoms with Gasteiger partial charge in [0.25, 0.3) is 0 Å². The highest BCUT2D eigenvalue weighted by Gasteiger charge is 2.33. The van der Waals surface area contributed by atoms with Crippen molar-refractivity contribution in [3.05, 3.63) is 24.0 Å². The van der Waals surface area contributed by atoms with Crippen LogP contribution in [0.1, 0.15) is 6.42 Å². The summed E-state index contributed by atoms with van der Waals surface area (Å²) in [5, 5.41) is 2.54. The van der Waals surface area contributed by atoms with Gasteiger partial charge < -0.3 is 15.8 Å². The summed E-state index contributed by atoms with van der Waals surface area (Å²) in [5.74, 6) is -0.778. The zero-order valence-corrected chi connectivity index (χ0v) is 12.2. The fraction of sp³-hybridized carbons (Fsp3) is 0.417. The maximum atomic E-state index is 13.4. The molecule has 2 rings (SSSR count). The number of nitrogens with one attached hydrogen (secondary N) is 1. The Balaban J connectivity index is 2.14. The Bertz CT molecular complexity index is 650. The predicted octanol–water partition coefficient (Wildman–Crippen LogP) is 0.527. The number of hydrogen-bond acceptors (Lipinski definition) is 5. The van der Waals surface area contributed by atoms with Crippen LogP contribution in [0.2, 0.25) is 0 Å². The molecule has 0 radical (unpaired) electrons. The summed E-state index contributed by atoms with van der Waals surface area (Å²) in [4.78, 5) is 11.0. The molecule has 0 bridgehead atoms. The lowest BCUT2D eigenvalue weighted by molar-refractivity contribution is 0.167. The van der Waals surface area contributed by atoms with E-state index in [-0.39, 0.29) is 29.7 Å². The maximum Gasteiger partial charge on any atom is 0.407 e. The second kappa shape index (κ2) is 5.86. The number of carbonyl (C=O) groups is 1. The zero-order valence-electron chi connectivity index (χ0n) is 11.4. The summed E-state index contributed by atoms with van der Waals surface area (Å²) < 4.78 is 43.8. The SMILES string of the molecule is COC(=O)NC1CCN(S(=O)(=O)c2ccc(N)c(F)c2)C1. The molecule has 1 aliphatic heterocycles. The second-order valence-electron chi connectivity index (χ2n) is 4.67. The summed E-state index contributed by atoms with van der Waals surface area (Å²) in [6.07, 6.45) is -0.149. The van der Waals surface area contributed by atoms with Crippen LogP contribution in [-0.4, -0.2) is 45.1 Å². The first-order chi connectivity index (χ1) is 9.84. The lowest BCUT2D eigenvalue weighted by Gasteiger charge is -2.17. The van der Waals surface area contributed by atoms with E-state index in [4.69, 9.17) is 5.73 Å². The van der Waals surface area contributed by atoms with Crippen LogP contribution >= 0.6 is 0 Å². The van der Waals surface area contributed by atoms with Gasteiger partial charge in [-0.15, -0.1) is 0 Å². The van der Waals surface area contributed by atoms with Crippen molar-refractivity contribution >= 4 is 21.8 Å². The molecule has 1 aliphatic rings. The van der Waals surface area contributed by atoms with Crippen molar-refractivity contribution in [3.8, 4) is 0 Å². The van der Waals surface area contributed by atoms with Crippen LogP contribution in [0.15, 0.2) is 23.1 Å². The molecule has 116 valence electrons. The second-order valence-corrected chi connectivity index (χ2v) is 6.61. The van der Waals surface area contributed by atoms with Gasteiger partial charge in [0.05, 0.1) is 17.7 Å². The van der Waals surface area contributed by atoms with Crippen molar-refractivity contribution in [2.75, 3.05) is 25.9 Å². The summed E-state index contributed by atoms with van der Waals surface area (Å²) >= 11 is 0. The Hall–Kier alpha value is -1.87. The lowest BCUT2D eigenvalue weighted by Crippen LogP contribution is -2.38. The molecule has 0 saturated carbocycles. The summed E-state index contributed by atoms with van der Waals surface area (Å²) in [7, 11) is -2.58. The molecule has 3 N–H and O–H groups in total. The van der Waals surface area contributed by atoms with Gasteiger partial charge in [-0.2, -0.15) is 4.31 Å². The quantitative estimate of drug-likeness (QED) is 0.792. The number of nitrogens with two attached hydrogens (primary N) is 1. The van der Waals surface area contributed by atoms with Gasteiger partial charge in [-0.05, 0) is 24.6 Å². The van der Waals surface area contributed by atoms with E-state index in [2.05, 4.69) is 10.1 Å². The summed E-state index contributed by atoms with van der Waals surface area (Å²) in [5.41, 5.74) is 5.22. The number of sulfonamides is 1. The first kappa shape index (κ1) is 15.5. The average Bonchev–Trinajstić information content (AvgIpc) is 2.90. The van der Waals surface area contributed by atoms with Crippen LogP contribution in [0.25, 0.3) is 0 Å². The Labute approximate surface area is 121 Å². The van der Waals surface area contributed by atoms with Crippen molar-refractivity contribution in [2.24, 2.45) is 0 Å². The molecule has 21 heavy (non-hydrogen) atoms. The predicted molar refractivity (Wildman–Crippen MR) is 73.5 cm³/mol. The molecule has 0 aliphatic carbocycles. The number of benzene rings is 1. The number of ether oxygens (including phenoxy) is 1. The van der Waals surface area contributed by atoms with Crippen LogP contribution in [0.4, 0.5) is 14.9 Å². The van der Waals surface area contributed by atoms with E-state index in [0.29, 0.717) is 6.42 Å². The van der Waals surface area contributed by atoms with Crippen molar-refractivity contribution in [3.63, 3.8) is 0 Å². The molecule has 1 fully saturated rings. The summed E-state index contributed by atoms with van der Waals surface area (Å²) in [6, 6.07) is 3.04. The van der Waals surface area contributed by atoms with Gasteiger partial charge in [-0.1, -0.05) is 0 Å². The largest absolute Gasteiger partial charge is 0.453 e. The fourth-order valence-corrected chi connectivity index (χ4v) is 3.62. The van der Waals surface area contributed by atoms with Gasteiger partial charge in [0.15, 0.2) is 0 Å². The van der Waals surface area contributed by atoms with E-state index in [1.54, 1.807) is 0 Å². The molecular weight excluding hydrogens is 301 g/mol. The minimum atomic E-state index is -3.81. The highest BCUT2D eigenvalue weighted by molar-refractivity contribution is 7.89. The van der Waals surface area contributed by atoms with Crippen molar-refractivity contribution in [2.45, 2.75) is 17.4 Å².